The van der Waals surface area contributed by atoms with Gasteiger partial charge in [0.25, 0.3) is 0 Å². The number of nitrogens with one attached hydrogen (secondary N) is 1. The minimum atomic E-state index is -0.836. The SMILES string of the molecule is NC(=O)NC(=O)CN1CCO[C@H](c2nc(-c3ccccc3)cs2)C1. The molecule has 1 aliphatic heterocycles. The van der Waals surface area contributed by atoms with Gasteiger partial charge in [-0.1, -0.05) is 30.3 Å². The minimum Gasteiger partial charge on any atom is -0.368 e. The first-order valence-electron chi connectivity index (χ1n) is 7.56. The fourth-order valence-corrected chi connectivity index (χ4v) is 3.42. The van der Waals surface area contributed by atoms with Crippen LogP contribution in [0.5, 0.6) is 0 Å². The van der Waals surface area contributed by atoms with E-state index in [4.69, 9.17) is 10.5 Å². The number of urea groups is 1. The molecule has 1 atom stereocenters. The molecule has 7 nitrogen and oxygen atoms in total. The summed E-state index contributed by atoms with van der Waals surface area (Å²) in [5, 5.41) is 4.96. The fraction of sp³-hybridized carbons (Fsp3) is 0.312. The molecule has 1 aromatic carbocycles. The molecule has 2 aromatic rings. The van der Waals surface area contributed by atoms with Crippen LogP contribution in [0.4, 0.5) is 4.79 Å². The quantitative estimate of drug-likeness (QED) is 0.871. The molecule has 1 aliphatic rings. The lowest BCUT2D eigenvalue weighted by molar-refractivity contribution is -0.123. The number of carbonyl (C=O) groups excluding carboxylic acids is 2. The van der Waals surface area contributed by atoms with E-state index in [9.17, 15) is 9.59 Å². The first-order valence-corrected chi connectivity index (χ1v) is 8.44. The van der Waals surface area contributed by atoms with Gasteiger partial charge in [0.1, 0.15) is 11.1 Å². The number of rotatable bonds is 4. The van der Waals surface area contributed by atoms with Crippen molar-refractivity contribution in [1.82, 2.24) is 15.2 Å². The number of primary amides is 1. The maximum atomic E-state index is 11.6. The summed E-state index contributed by atoms with van der Waals surface area (Å²) >= 11 is 1.55. The van der Waals surface area contributed by atoms with Gasteiger partial charge in [-0.05, 0) is 0 Å². The summed E-state index contributed by atoms with van der Waals surface area (Å²) in [7, 11) is 0. The van der Waals surface area contributed by atoms with E-state index >= 15 is 0 Å². The molecule has 8 heteroatoms. The van der Waals surface area contributed by atoms with Gasteiger partial charge in [0, 0.05) is 24.0 Å². The number of aromatic nitrogens is 1. The second-order valence-corrected chi connectivity index (χ2v) is 6.33. The summed E-state index contributed by atoms with van der Waals surface area (Å²) in [5.74, 6) is -0.410. The van der Waals surface area contributed by atoms with Crippen molar-refractivity contribution in [2.75, 3.05) is 26.2 Å². The summed E-state index contributed by atoms with van der Waals surface area (Å²) in [6.07, 6.45) is -0.178. The van der Waals surface area contributed by atoms with E-state index in [0.29, 0.717) is 19.7 Å². The van der Waals surface area contributed by atoms with E-state index in [1.807, 2.05) is 40.6 Å². The van der Waals surface area contributed by atoms with Gasteiger partial charge in [-0.2, -0.15) is 0 Å². The molecule has 3 N–H and O–H groups in total. The van der Waals surface area contributed by atoms with Crippen molar-refractivity contribution in [3.8, 4) is 11.3 Å². The van der Waals surface area contributed by atoms with Crippen LogP contribution in [0.15, 0.2) is 35.7 Å². The standard InChI is InChI=1S/C16H18N4O3S/c17-16(22)19-14(21)9-20-6-7-23-13(8-20)15-18-12(10-24-15)11-4-2-1-3-5-11/h1-5,10,13H,6-9H2,(H3,17,19,21,22)/t13-/m0/s1. The van der Waals surface area contributed by atoms with Crippen LogP contribution in [0.3, 0.4) is 0 Å². The van der Waals surface area contributed by atoms with Crippen LogP contribution in [0, 0.1) is 0 Å². The van der Waals surface area contributed by atoms with E-state index in [1.165, 1.54) is 0 Å². The third-order valence-corrected chi connectivity index (χ3v) is 4.58. The van der Waals surface area contributed by atoms with Crippen molar-refractivity contribution in [2.45, 2.75) is 6.10 Å². The Hall–Kier alpha value is -2.29. The topological polar surface area (TPSA) is 97.5 Å². The summed E-state index contributed by atoms with van der Waals surface area (Å²) in [6.45, 7) is 1.79. The molecule has 0 bridgehead atoms. The third-order valence-electron chi connectivity index (χ3n) is 3.65. The maximum absolute atomic E-state index is 11.6. The molecule has 1 fully saturated rings. The molecular weight excluding hydrogens is 328 g/mol. The average Bonchev–Trinajstić information content (AvgIpc) is 3.05. The highest BCUT2D eigenvalue weighted by Gasteiger charge is 2.26. The van der Waals surface area contributed by atoms with Gasteiger partial charge >= 0.3 is 6.03 Å². The van der Waals surface area contributed by atoms with Crippen LogP contribution in [-0.4, -0.2) is 48.1 Å². The van der Waals surface area contributed by atoms with Crippen molar-refractivity contribution >= 4 is 23.3 Å². The van der Waals surface area contributed by atoms with Crippen LogP contribution in [0.1, 0.15) is 11.1 Å². The number of benzene rings is 1. The number of nitrogens with two attached hydrogens (primary N) is 1. The molecule has 1 aromatic heterocycles. The van der Waals surface area contributed by atoms with Crippen molar-refractivity contribution in [2.24, 2.45) is 5.73 Å². The van der Waals surface area contributed by atoms with Crippen LogP contribution >= 0.6 is 11.3 Å². The van der Waals surface area contributed by atoms with Gasteiger partial charge in [-0.15, -0.1) is 11.3 Å². The Morgan fingerprint density at radius 1 is 1.38 bits per heavy atom. The molecule has 0 aliphatic carbocycles. The minimum absolute atomic E-state index is 0.111. The van der Waals surface area contributed by atoms with E-state index in [1.54, 1.807) is 11.3 Å². The van der Waals surface area contributed by atoms with E-state index < -0.39 is 11.9 Å². The number of thiazole rings is 1. The zero-order chi connectivity index (χ0) is 16.9. The van der Waals surface area contributed by atoms with Crippen molar-refractivity contribution in [3.05, 3.63) is 40.7 Å². The fourth-order valence-electron chi connectivity index (χ4n) is 2.55. The van der Waals surface area contributed by atoms with Gasteiger partial charge in [0.15, 0.2) is 0 Å². The van der Waals surface area contributed by atoms with E-state index in [0.717, 1.165) is 16.3 Å². The highest BCUT2D eigenvalue weighted by atomic mass is 32.1. The van der Waals surface area contributed by atoms with Gasteiger partial charge in [0.2, 0.25) is 5.91 Å². The Morgan fingerprint density at radius 2 is 2.17 bits per heavy atom. The lowest BCUT2D eigenvalue weighted by atomic mass is 10.2. The van der Waals surface area contributed by atoms with Crippen molar-refractivity contribution < 1.29 is 14.3 Å². The molecule has 0 unspecified atom stereocenters. The van der Waals surface area contributed by atoms with Gasteiger partial charge in [-0.25, -0.2) is 9.78 Å². The van der Waals surface area contributed by atoms with Crippen molar-refractivity contribution in [3.63, 3.8) is 0 Å². The molecular formula is C16H18N4O3S. The molecule has 0 saturated carbocycles. The molecule has 2 heterocycles. The van der Waals surface area contributed by atoms with Crippen LogP contribution in [0.25, 0.3) is 11.3 Å². The number of imide groups is 1. The molecule has 0 radical (unpaired) electrons. The highest BCUT2D eigenvalue weighted by Crippen LogP contribution is 2.29. The van der Waals surface area contributed by atoms with E-state index in [-0.39, 0.29) is 12.6 Å². The second kappa shape index (κ2) is 7.52. The van der Waals surface area contributed by atoms with Crippen LogP contribution in [0.2, 0.25) is 0 Å². The lowest BCUT2D eigenvalue weighted by Crippen LogP contribution is -2.46. The number of hydrogen-bond acceptors (Lipinski definition) is 6. The Kier molecular flexibility index (Phi) is 5.19. The molecule has 24 heavy (non-hydrogen) atoms. The first kappa shape index (κ1) is 16.6. The molecule has 1 saturated heterocycles. The summed E-state index contributed by atoms with van der Waals surface area (Å²) in [5.41, 5.74) is 6.94. The van der Waals surface area contributed by atoms with Gasteiger partial charge < -0.3 is 10.5 Å². The van der Waals surface area contributed by atoms with Crippen LogP contribution < -0.4 is 11.1 Å². The number of morpholine rings is 1. The molecule has 126 valence electrons. The Balaban J connectivity index is 1.64. The summed E-state index contributed by atoms with van der Waals surface area (Å²) in [4.78, 5) is 28.9. The predicted molar refractivity (Wildman–Crippen MR) is 90.4 cm³/mol. The largest absolute Gasteiger partial charge is 0.368 e. The highest BCUT2D eigenvalue weighted by molar-refractivity contribution is 7.10. The van der Waals surface area contributed by atoms with Gasteiger partial charge in [-0.3, -0.25) is 15.0 Å². The zero-order valence-corrected chi connectivity index (χ0v) is 13.8. The normalized spacial score (nSPS) is 18.2. The smallest absolute Gasteiger partial charge is 0.318 e. The molecule has 3 amide bonds. The van der Waals surface area contributed by atoms with E-state index in [2.05, 4.69) is 10.3 Å². The number of nitrogens with zero attached hydrogens (tertiary/aromatic N) is 2. The van der Waals surface area contributed by atoms with Crippen molar-refractivity contribution in [1.29, 1.82) is 0 Å². The third kappa shape index (κ3) is 4.16. The lowest BCUT2D eigenvalue weighted by Gasteiger charge is -2.31. The Bertz CT molecular complexity index is 719. The molecule has 3 rings (SSSR count). The summed E-state index contributed by atoms with van der Waals surface area (Å²) < 4.78 is 5.79. The number of carbonyl (C=O) groups is 2. The first-order chi connectivity index (χ1) is 11.6. The average molecular weight is 346 g/mol. The monoisotopic (exact) mass is 346 g/mol. The summed E-state index contributed by atoms with van der Waals surface area (Å²) in [6, 6.07) is 9.12. The zero-order valence-electron chi connectivity index (χ0n) is 13.0. The Morgan fingerprint density at radius 3 is 2.92 bits per heavy atom. The van der Waals surface area contributed by atoms with Crippen LogP contribution in [-0.2, 0) is 9.53 Å². The van der Waals surface area contributed by atoms with Gasteiger partial charge in [0.05, 0.1) is 18.8 Å². The number of hydrogen-bond donors (Lipinski definition) is 2. The second-order valence-electron chi connectivity index (χ2n) is 5.44. The molecule has 0 spiro atoms. The Labute approximate surface area is 143 Å². The number of ether oxygens (including phenoxy) is 1. The maximum Gasteiger partial charge on any atom is 0.318 e. The predicted octanol–water partition coefficient (Wildman–Crippen LogP) is 1.38. The number of amides is 3.